The average Bonchev–Trinajstić information content (AvgIpc) is 2.92. The highest BCUT2D eigenvalue weighted by molar-refractivity contribution is 6.04. The van der Waals surface area contributed by atoms with Crippen molar-refractivity contribution in [2.24, 2.45) is 0 Å². The molecule has 0 saturated carbocycles. The van der Waals surface area contributed by atoms with Gasteiger partial charge in [-0.1, -0.05) is 30.3 Å². The van der Waals surface area contributed by atoms with E-state index in [0.717, 1.165) is 17.5 Å². The molecule has 3 aromatic carbocycles. The number of benzene rings is 3. The van der Waals surface area contributed by atoms with Crippen molar-refractivity contribution in [3.05, 3.63) is 95.3 Å². The number of hydrogen-bond acceptors (Lipinski definition) is 3. The van der Waals surface area contributed by atoms with Gasteiger partial charge in [0.1, 0.15) is 11.6 Å². The second kappa shape index (κ2) is 8.78. The number of ether oxygens (including phenoxy) is 1. The SMILES string of the molecule is O=C(Nc1ccc2c(c1)CN(CCc1ccccc1)C(=O)CO2)c1ccc(F)cc1. The molecule has 0 aromatic heterocycles. The first-order chi connectivity index (χ1) is 14.6. The molecule has 30 heavy (non-hydrogen) atoms. The molecule has 0 radical (unpaired) electrons. The Morgan fingerprint density at radius 3 is 2.57 bits per heavy atom. The van der Waals surface area contributed by atoms with E-state index in [4.69, 9.17) is 4.74 Å². The van der Waals surface area contributed by atoms with Crippen molar-refractivity contribution in [1.82, 2.24) is 4.90 Å². The van der Waals surface area contributed by atoms with Gasteiger partial charge in [-0.15, -0.1) is 0 Å². The van der Waals surface area contributed by atoms with E-state index < -0.39 is 5.82 Å². The molecule has 152 valence electrons. The molecule has 1 aliphatic heterocycles. The first-order valence-electron chi connectivity index (χ1n) is 9.73. The molecular formula is C24H21FN2O3. The van der Waals surface area contributed by atoms with E-state index in [-0.39, 0.29) is 18.4 Å². The molecule has 0 bridgehead atoms. The molecule has 0 aliphatic carbocycles. The van der Waals surface area contributed by atoms with E-state index in [1.54, 1.807) is 17.0 Å². The van der Waals surface area contributed by atoms with Gasteiger partial charge in [0, 0.05) is 29.9 Å². The van der Waals surface area contributed by atoms with Gasteiger partial charge in [0.15, 0.2) is 6.61 Å². The summed E-state index contributed by atoms with van der Waals surface area (Å²) in [4.78, 5) is 26.7. The zero-order valence-electron chi connectivity index (χ0n) is 16.3. The Balaban J connectivity index is 1.47. The smallest absolute Gasteiger partial charge is 0.260 e. The van der Waals surface area contributed by atoms with Crippen LogP contribution in [0.2, 0.25) is 0 Å². The number of amides is 2. The monoisotopic (exact) mass is 404 g/mol. The minimum Gasteiger partial charge on any atom is -0.483 e. The lowest BCUT2D eigenvalue weighted by Crippen LogP contribution is -2.34. The van der Waals surface area contributed by atoms with Gasteiger partial charge in [0.05, 0.1) is 0 Å². The third kappa shape index (κ3) is 4.66. The highest BCUT2D eigenvalue weighted by Gasteiger charge is 2.22. The van der Waals surface area contributed by atoms with Gasteiger partial charge in [-0.3, -0.25) is 9.59 Å². The van der Waals surface area contributed by atoms with Gasteiger partial charge in [-0.25, -0.2) is 4.39 Å². The maximum absolute atomic E-state index is 13.1. The normalized spacial score (nSPS) is 13.2. The van der Waals surface area contributed by atoms with Crippen LogP contribution >= 0.6 is 0 Å². The summed E-state index contributed by atoms with van der Waals surface area (Å²) in [7, 11) is 0. The Morgan fingerprint density at radius 1 is 1.03 bits per heavy atom. The topological polar surface area (TPSA) is 58.6 Å². The highest BCUT2D eigenvalue weighted by Crippen LogP contribution is 2.27. The molecule has 4 rings (SSSR count). The van der Waals surface area contributed by atoms with Crippen LogP contribution in [-0.2, 0) is 17.8 Å². The second-order valence-corrected chi connectivity index (χ2v) is 7.12. The van der Waals surface area contributed by atoms with Crippen LogP contribution in [0.1, 0.15) is 21.5 Å². The fourth-order valence-corrected chi connectivity index (χ4v) is 3.36. The number of carbonyl (C=O) groups is 2. The predicted octanol–water partition coefficient (Wildman–Crippen LogP) is 4.04. The second-order valence-electron chi connectivity index (χ2n) is 7.12. The number of anilines is 1. The first-order valence-corrected chi connectivity index (χ1v) is 9.73. The molecule has 3 aromatic rings. The summed E-state index contributed by atoms with van der Waals surface area (Å²) in [5.41, 5.74) is 2.94. The van der Waals surface area contributed by atoms with Crippen molar-refractivity contribution in [2.45, 2.75) is 13.0 Å². The molecule has 0 unspecified atom stereocenters. The van der Waals surface area contributed by atoms with E-state index >= 15 is 0 Å². The zero-order valence-corrected chi connectivity index (χ0v) is 16.3. The molecule has 2 amide bonds. The van der Waals surface area contributed by atoms with E-state index in [1.165, 1.54) is 24.3 Å². The number of halogens is 1. The molecular weight excluding hydrogens is 383 g/mol. The summed E-state index contributed by atoms with van der Waals surface area (Å²) in [5, 5.41) is 2.81. The van der Waals surface area contributed by atoms with Crippen molar-refractivity contribution >= 4 is 17.5 Å². The number of fused-ring (bicyclic) bond motifs is 1. The Morgan fingerprint density at radius 2 is 1.80 bits per heavy atom. The van der Waals surface area contributed by atoms with Crippen LogP contribution in [0, 0.1) is 5.82 Å². The summed E-state index contributed by atoms with van der Waals surface area (Å²) >= 11 is 0. The van der Waals surface area contributed by atoms with Gasteiger partial charge < -0.3 is 15.0 Å². The van der Waals surface area contributed by atoms with E-state index in [0.29, 0.717) is 30.1 Å². The Bertz CT molecular complexity index is 1050. The van der Waals surface area contributed by atoms with Crippen molar-refractivity contribution < 1.29 is 18.7 Å². The summed E-state index contributed by atoms with van der Waals surface area (Å²) in [6, 6.07) is 20.6. The molecule has 0 fully saturated rings. The van der Waals surface area contributed by atoms with Crippen molar-refractivity contribution in [1.29, 1.82) is 0 Å². The number of rotatable bonds is 5. The van der Waals surface area contributed by atoms with Crippen LogP contribution in [0.15, 0.2) is 72.8 Å². The van der Waals surface area contributed by atoms with E-state index in [2.05, 4.69) is 5.32 Å². The number of hydrogen-bond donors (Lipinski definition) is 1. The molecule has 0 atom stereocenters. The Labute approximate surface area is 174 Å². The zero-order chi connectivity index (χ0) is 20.9. The van der Waals surface area contributed by atoms with Crippen molar-refractivity contribution in [3.63, 3.8) is 0 Å². The maximum Gasteiger partial charge on any atom is 0.260 e. The lowest BCUT2D eigenvalue weighted by Gasteiger charge is -2.20. The van der Waals surface area contributed by atoms with E-state index in [1.807, 2.05) is 36.4 Å². The fourth-order valence-electron chi connectivity index (χ4n) is 3.36. The average molecular weight is 404 g/mol. The molecule has 0 spiro atoms. The highest BCUT2D eigenvalue weighted by atomic mass is 19.1. The molecule has 1 aliphatic rings. The molecule has 6 heteroatoms. The van der Waals surface area contributed by atoms with Crippen LogP contribution in [0.3, 0.4) is 0 Å². The summed E-state index contributed by atoms with van der Waals surface area (Å²) in [5.74, 6) is -0.167. The Kier molecular flexibility index (Phi) is 5.75. The van der Waals surface area contributed by atoms with Crippen LogP contribution in [0.25, 0.3) is 0 Å². The number of nitrogens with zero attached hydrogens (tertiary/aromatic N) is 1. The minimum absolute atomic E-state index is 0.0108. The van der Waals surface area contributed by atoms with Crippen molar-refractivity contribution in [2.75, 3.05) is 18.5 Å². The van der Waals surface area contributed by atoms with Crippen LogP contribution in [0.4, 0.5) is 10.1 Å². The fraction of sp³-hybridized carbons (Fsp3) is 0.167. The molecule has 1 N–H and O–H groups in total. The molecule has 0 saturated heterocycles. The van der Waals surface area contributed by atoms with Crippen molar-refractivity contribution in [3.8, 4) is 5.75 Å². The number of carbonyl (C=O) groups excluding carboxylic acids is 2. The van der Waals surface area contributed by atoms with Crippen LogP contribution in [0.5, 0.6) is 5.75 Å². The minimum atomic E-state index is -0.394. The largest absolute Gasteiger partial charge is 0.483 e. The van der Waals surface area contributed by atoms with E-state index in [9.17, 15) is 14.0 Å². The third-order valence-electron chi connectivity index (χ3n) is 5.00. The summed E-state index contributed by atoms with van der Waals surface area (Å²) < 4.78 is 18.7. The van der Waals surface area contributed by atoms with Crippen LogP contribution in [-0.4, -0.2) is 29.9 Å². The standard InChI is InChI=1S/C24H21FN2O3/c25-20-8-6-18(7-9-20)24(29)26-21-10-11-22-19(14-21)15-27(23(28)16-30-22)13-12-17-4-2-1-3-5-17/h1-11,14H,12-13,15-16H2,(H,26,29). The lowest BCUT2D eigenvalue weighted by atomic mass is 10.1. The molecule has 1 heterocycles. The number of nitrogens with one attached hydrogen (secondary N) is 1. The van der Waals surface area contributed by atoms with Gasteiger partial charge in [-0.2, -0.15) is 0 Å². The van der Waals surface area contributed by atoms with Gasteiger partial charge >= 0.3 is 0 Å². The quantitative estimate of drug-likeness (QED) is 0.698. The predicted molar refractivity (Wildman–Crippen MR) is 112 cm³/mol. The Hall–Kier alpha value is -3.67. The third-order valence-corrected chi connectivity index (χ3v) is 5.00. The first kappa shape index (κ1) is 19.6. The van der Waals surface area contributed by atoms with Gasteiger partial charge in [0.2, 0.25) is 0 Å². The summed E-state index contributed by atoms with van der Waals surface area (Å²) in [6.07, 6.45) is 0.753. The van der Waals surface area contributed by atoms with Crippen LogP contribution < -0.4 is 10.1 Å². The maximum atomic E-state index is 13.1. The summed E-state index contributed by atoms with van der Waals surface area (Å²) in [6.45, 7) is 0.974. The van der Waals surface area contributed by atoms with Gasteiger partial charge in [-0.05, 0) is 54.4 Å². The molecule has 5 nitrogen and oxygen atoms in total. The van der Waals surface area contributed by atoms with Gasteiger partial charge in [0.25, 0.3) is 11.8 Å². The lowest BCUT2D eigenvalue weighted by molar-refractivity contribution is -0.133.